The number of carbonyl (C=O) groups is 2. The number of aliphatic carboxylic acids is 1. The van der Waals surface area contributed by atoms with Gasteiger partial charge >= 0.3 is 5.97 Å². The number of nitrogens with zero attached hydrogens (tertiary/aromatic N) is 1. The van der Waals surface area contributed by atoms with Crippen molar-refractivity contribution in [2.45, 2.75) is 43.2 Å². The highest BCUT2D eigenvalue weighted by Gasteiger charge is 2.37. The van der Waals surface area contributed by atoms with Gasteiger partial charge in [0.25, 0.3) is 0 Å². The second-order valence-electron chi connectivity index (χ2n) is 6.53. The molecular formula is C17H22N2O7S. The van der Waals surface area contributed by atoms with Gasteiger partial charge in [-0.05, 0) is 31.9 Å². The number of hydrogen-bond acceptors (Lipinski definition) is 6. The number of carbonyl (C=O) groups excluding carboxylic acids is 1. The van der Waals surface area contributed by atoms with Crippen LogP contribution in [0.25, 0.3) is 0 Å². The molecule has 1 saturated heterocycles. The van der Waals surface area contributed by atoms with Crippen LogP contribution in [0.4, 0.5) is 0 Å². The van der Waals surface area contributed by atoms with Crippen molar-refractivity contribution in [2.24, 2.45) is 0 Å². The molecule has 0 aromatic heterocycles. The lowest BCUT2D eigenvalue weighted by Gasteiger charge is -2.25. The van der Waals surface area contributed by atoms with Crippen LogP contribution in [0.1, 0.15) is 26.2 Å². The third-order valence-electron chi connectivity index (χ3n) is 4.55. The first kappa shape index (κ1) is 19.4. The molecule has 0 saturated carbocycles. The van der Waals surface area contributed by atoms with Crippen LogP contribution in [-0.2, 0) is 19.6 Å². The molecule has 1 unspecified atom stereocenters. The Balaban J connectivity index is 1.75. The van der Waals surface area contributed by atoms with Gasteiger partial charge in [0.1, 0.15) is 6.04 Å². The summed E-state index contributed by atoms with van der Waals surface area (Å²) in [6.07, 6.45) is 1.63. The van der Waals surface area contributed by atoms with Gasteiger partial charge in [-0.1, -0.05) is 0 Å². The lowest BCUT2D eigenvalue weighted by Crippen LogP contribution is -2.50. The number of carboxylic acid groups (broad SMARTS) is 1. The van der Waals surface area contributed by atoms with Gasteiger partial charge in [-0.15, -0.1) is 0 Å². The predicted octanol–water partition coefficient (Wildman–Crippen LogP) is 0.590. The highest BCUT2D eigenvalue weighted by atomic mass is 32.2. The number of nitrogens with one attached hydrogen (secondary N) is 1. The fourth-order valence-corrected chi connectivity index (χ4v) is 4.41. The summed E-state index contributed by atoms with van der Waals surface area (Å²) in [5, 5.41) is 9.20. The second kappa shape index (κ2) is 7.73. The van der Waals surface area contributed by atoms with Crippen molar-refractivity contribution in [1.82, 2.24) is 9.62 Å². The molecule has 9 nitrogen and oxygen atoms in total. The highest BCUT2D eigenvalue weighted by molar-refractivity contribution is 7.89. The summed E-state index contributed by atoms with van der Waals surface area (Å²) in [6.45, 7) is 2.61. The first-order valence-electron chi connectivity index (χ1n) is 8.75. The molecule has 0 aliphatic carbocycles. The topological polar surface area (TPSA) is 122 Å². The number of carboxylic acids is 1. The highest BCUT2D eigenvalue weighted by Crippen LogP contribution is 2.32. The van der Waals surface area contributed by atoms with E-state index >= 15 is 0 Å². The standard InChI is InChI=1S/C17H22N2O7S/c1-11(16(20)19-7-2-4-13(19)17(21)22)18-27(23,24)12-5-6-14-15(10-12)26-9-3-8-25-14/h5-6,10-11,13,18H,2-4,7-9H2,1H3,(H,21,22)/t11?,13-/m0/s1. The summed E-state index contributed by atoms with van der Waals surface area (Å²) in [5.41, 5.74) is 0. The molecule has 0 radical (unpaired) electrons. The summed E-state index contributed by atoms with van der Waals surface area (Å²) >= 11 is 0. The van der Waals surface area contributed by atoms with E-state index in [1.54, 1.807) is 0 Å². The van der Waals surface area contributed by atoms with Crippen LogP contribution < -0.4 is 14.2 Å². The summed E-state index contributed by atoms with van der Waals surface area (Å²) in [4.78, 5) is 24.9. The van der Waals surface area contributed by atoms with E-state index in [9.17, 15) is 23.1 Å². The maximum Gasteiger partial charge on any atom is 0.326 e. The minimum Gasteiger partial charge on any atom is -0.490 e. The van der Waals surface area contributed by atoms with Crippen LogP contribution in [0.5, 0.6) is 11.5 Å². The zero-order valence-corrected chi connectivity index (χ0v) is 15.7. The first-order valence-corrected chi connectivity index (χ1v) is 10.2. The van der Waals surface area contributed by atoms with Gasteiger partial charge < -0.3 is 19.5 Å². The fourth-order valence-electron chi connectivity index (χ4n) is 3.20. The smallest absolute Gasteiger partial charge is 0.326 e. The lowest BCUT2D eigenvalue weighted by atomic mass is 10.2. The van der Waals surface area contributed by atoms with Crippen molar-refractivity contribution in [3.63, 3.8) is 0 Å². The zero-order chi connectivity index (χ0) is 19.6. The van der Waals surface area contributed by atoms with Gasteiger partial charge in [-0.2, -0.15) is 4.72 Å². The molecule has 1 amide bonds. The summed E-state index contributed by atoms with van der Waals surface area (Å²) in [5.74, 6) is -0.839. The zero-order valence-electron chi connectivity index (χ0n) is 14.9. The minimum atomic E-state index is -4.00. The molecular weight excluding hydrogens is 376 g/mol. The molecule has 148 valence electrons. The maximum atomic E-state index is 12.7. The Morgan fingerprint density at radius 3 is 2.63 bits per heavy atom. The molecule has 3 rings (SSSR count). The number of amides is 1. The minimum absolute atomic E-state index is 0.0531. The Labute approximate surface area is 157 Å². The van der Waals surface area contributed by atoms with Crippen molar-refractivity contribution in [1.29, 1.82) is 0 Å². The Morgan fingerprint density at radius 1 is 1.22 bits per heavy atom. The average Bonchev–Trinajstić information content (AvgIpc) is 2.99. The van der Waals surface area contributed by atoms with E-state index < -0.39 is 34.0 Å². The molecule has 0 spiro atoms. The quantitative estimate of drug-likeness (QED) is 0.744. The van der Waals surface area contributed by atoms with E-state index in [0.29, 0.717) is 50.5 Å². The second-order valence-corrected chi connectivity index (χ2v) is 8.24. The maximum absolute atomic E-state index is 12.7. The van der Waals surface area contributed by atoms with Crippen LogP contribution in [0.15, 0.2) is 23.1 Å². The van der Waals surface area contributed by atoms with Crippen molar-refractivity contribution in [3.05, 3.63) is 18.2 Å². The van der Waals surface area contributed by atoms with E-state index in [2.05, 4.69) is 4.72 Å². The van der Waals surface area contributed by atoms with Crippen LogP contribution in [0.3, 0.4) is 0 Å². The number of likely N-dealkylation sites (tertiary alicyclic amines) is 1. The molecule has 10 heteroatoms. The van der Waals surface area contributed by atoms with Crippen molar-refractivity contribution in [3.8, 4) is 11.5 Å². The summed E-state index contributed by atoms with van der Waals surface area (Å²) < 4.78 is 38.6. The largest absolute Gasteiger partial charge is 0.490 e. The van der Waals surface area contributed by atoms with Gasteiger partial charge in [-0.25, -0.2) is 13.2 Å². The average molecular weight is 398 g/mol. The predicted molar refractivity (Wildman–Crippen MR) is 94.2 cm³/mol. The monoisotopic (exact) mass is 398 g/mol. The third-order valence-corrected chi connectivity index (χ3v) is 6.09. The molecule has 1 aromatic carbocycles. The molecule has 2 heterocycles. The molecule has 2 aliphatic heterocycles. The number of sulfonamides is 1. The van der Waals surface area contributed by atoms with Crippen LogP contribution in [-0.4, -0.2) is 62.1 Å². The van der Waals surface area contributed by atoms with Crippen molar-refractivity contribution < 1.29 is 32.6 Å². The Morgan fingerprint density at radius 2 is 1.93 bits per heavy atom. The number of fused-ring (bicyclic) bond motifs is 1. The van der Waals surface area contributed by atoms with Crippen LogP contribution >= 0.6 is 0 Å². The number of benzene rings is 1. The molecule has 2 atom stereocenters. The molecule has 1 aromatic rings. The van der Waals surface area contributed by atoms with E-state index in [-0.39, 0.29) is 4.90 Å². The first-order chi connectivity index (χ1) is 12.8. The van der Waals surface area contributed by atoms with E-state index in [4.69, 9.17) is 9.47 Å². The third kappa shape index (κ3) is 4.16. The Kier molecular flexibility index (Phi) is 5.56. The van der Waals surface area contributed by atoms with Gasteiger partial charge in [-0.3, -0.25) is 4.79 Å². The Hall–Kier alpha value is -2.33. The van der Waals surface area contributed by atoms with Gasteiger partial charge in [0.05, 0.1) is 24.2 Å². The van der Waals surface area contributed by atoms with Gasteiger partial charge in [0.15, 0.2) is 11.5 Å². The molecule has 0 bridgehead atoms. The number of hydrogen-bond donors (Lipinski definition) is 2. The van der Waals surface area contributed by atoms with Gasteiger partial charge in [0, 0.05) is 19.0 Å². The van der Waals surface area contributed by atoms with Crippen molar-refractivity contribution >= 4 is 21.9 Å². The molecule has 2 N–H and O–H groups in total. The molecule has 27 heavy (non-hydrogen) atoms. The summed E-state index contributed by atoms with van der Waals surface area (Å²) in [6, 6.07) is 2.25. The normalized spacial score (nSPS) is 20.8. The van der Waals surface area contributed by atoms with E-state index in [1.807, 2.05) is 0 Å². The number of ether oxygens (including phenoxy) is 2. The van der Waals surface area contributed by atoms with Crippen LogP contribution in [0.2, 0.25) is 0 Å². The van der Waals surface area contributed by atoms with Crippen LogP contribution in [0, 0.1) is 0 Å². The fraction of sp³-hybridized carbons (Fsp3) is 0.529. The SMILES string of the molecule is CC(NS(=O)(=O)c1ccc2c(c1)OCCCO2)C(=O)N1CCC[C@H]1C(=O)O. The molecule has 2 aliphatic rings. The van der Waals surface area contributed by atoms with E-state index in [1.165, 1.54) is 30.0 Å². The lowest BCUT2D eigenvalue weighted by molar-refractivity contribution is -0.148. The Bertz CT molecular complexity index is 840. The van der Waals surface area contributed by atoms with Crippen molar-refractivity contribution in [2.75, 3.05) is 19.8 Å². The van der Waals surface area contributed by atoms with Gasteiger partial charge in [0.2, 0.25) is 15.9 Å². The number of rotatable bonds is 5. The summed E-state index contributed by atoms with van der Waals surface area (Å²) in [7, 11) is -4.00. The van der Waals surface area contributed by atoms with E-state index in [0.717, 1.165) is 0 Å². The molecule has 1 fully saturated rings.